The molecule has 0 aliphatic carbocycles. The highest BCUT2D eigenvalue weighted by atomic mass is 35.5. The number of ether oxygens (including phenoxy) is 1. The van der Waals surface area contributed by atoms with Crippen molar-refractivity contribution in [3.05, 3.63) is 71.2 Å². The van der Waals surface area contributed by atoms with E-state index in [4.69, 9.17) is 16.3 Å². The first kappa shape index (κ1) is 12.5. The van der Waals surface area contributed by atoms with Crippen LogP contribution in [0.3, 0.4) is 0 Å². The van der Waals surface area contributed by atoms with Gasteiger partial charge in [-0.3, -0.25) is 0 Å². The van der Waals surface area contributed by atoms with Crippen molar-refractivity contribution in [1.29, 1.82) is 0 Å². The van der Waals surface area contributed by atoms with E-state index in [9.17, 15) is 0 Å². The Morgan fingerprint density at radius 2 is 1.71 bits per heavy atom. The van der Waals surface area contributed by atoms with Crippen LogP contribution in [0.15, 0.2) is 60.7 Å². The molecule has 0 fully saturated rings. The molecule has 104 valence electrons. The zero-order valence-electron chi connectivity index (χ0n) is 11.4. The van der Waals surface area contributed by atoms with E-state index >= 15 is 0 Å². The number of hydrogen-bond acceptors (Lipinski definition) is 2. The number of nitrogens with zero attached hydrogens (tertiary/aromatic N) is 1. The number of para-hydroxylation sites is 1. The van der Waals surface area contributed by atoms with Gasteiger partial charge >= 0.3 is 0 Å². The summed E-state index contributed by atoms with van der Waals surface area (Å²) in [6.07, 6.45) is 0. The molecular weight excluding hydrogens is 282 g/mol. The summed E-state index contributed by atoms with van der Waals surface area (Å²) in [6, 6.07) is 20.5. The molecule has 0 saturated heterocycles. The van der Waals surface area contributed by atoms with Gasteiger partial charge in [-0.2, -0.15) is 0 Å². The van der Waals surface area contributed by atoms with Crippen LogP contribution in [-0.2, 0) is 6.54 Å². The van der Waals surface area contributed by atoms with Crippen molar-refractivity contribution in [2.75, 3.05) is 11.6 Å². The highest BCUT2D eigenvalue weighted by Crippen LogP contribution is 2.35. The van der Waals surface area contributed by atoms with E-state index in [-0.39, 0.29) is 0 Å². The quantitative estimate of drug-likeness (QED) is 0.636. The lowest BCUT2D eigenvalue weighted by Gasteiger charge is -2.32. The minimum absolute atomic E-state index is 0.523. The SMILES string of the molecule is Clc1ccccc1N1COc2ccc3ccccc3c2C1. The van der Waals surface area contributed by atoms with Crippen LogP contribution in [0.4, 0.5) is 5.69 Å². The molecule has 0 spiro atoms. The Bertz CT molecular complexity index is 815. The molecule has 4 rings (SSSR count). The van der Waals surface area contributed by atoms with Gasteiger partial charge in [0.15, 0.2) is 6.73 Å². The van der Waals surface area contributed by atoms with Gasteiger partial charge in [0.25, 0.3) is 0 Å². The smallest absolute Gasteiger partial charge is 0.161 e. The van der Waals surface area contributed by atoms with Crippen molar-refractivity contribution >= 4 is 28.1 Å². The Labute approximate surface area is 128 Å². The van der Waals surface area contributed by atoms with E-state index in [0.29, 0.717) is 6.73 Å². The van der Waals surface area contributed by atoms with E-state index in [1.165, 1.54) is 16.3 Å². The number of benzene rings is 3. The minimum Gasteiger partial charge on any atom is -0.473 e. The van der Waals surface area contributed by atoms with Crippen LogP contribution in [0, 0.1) is 0 Å². The summed E-state index contributed by atoms with van der Waals surface area (Å²) in [7, 11) is 0. The lowest BCUT2D eigenvalue weighted by Crippen LogP contribution is -2.32. The minimum atomic E-state index is 0.523. The second-order valence-corrected chi connectivity index (χ2v) is 5.59. The average molecular weight is 296 g/mol. The molecule has 3 aromatic rings. The van der Waals surface area contributed by atoms with Crippen molar-refractivity contribution < 1.29 is 4.74 Å². The second kappa shape index (κ2) is 4.97. The Morgan fingerprint density at radius 1 is 0.905 bits per heavy atom. The predicted octanol–water partition coefficient (Wildman–Crippen LogP) is 4.85. The summed E-state index contributed by atoms with van der Waals surface area (Å²) in [6.45, 7) is 1.33. The van der Waals surface area contributed by atoms with Crippen LogP contribution >= 0.6 is 11.6 Å². The molecule has 3 heteroatoms. The number of halogens is 1. The molecule has 0 unspecified atom stereocenters. The van der Waals surface area contributed by atoms with Gasteiger partial charge in [-0.15, -0.1) is 0 Å². The summed E-state index contributed by atoms with van der Waals surface area (Å²) >= 11 is 6.31. The van der Waals surface area contributed by atoms with E-state index in [1.807, 2.05) is 24.3 Å². The van der Waals surface area contributed by atoms with Crippen molar-refractivity contribution in [3.8, 4) is 5.75 Å². The lowest BCUT2D eigenvalue weighted by atomic mass is 10.0. The molecule has 3 aromatic carbocycles. The molecule has 0 atom stereocenters. The Balaban J connectivity index is 1.81. The monoisotopic (exact) mass is 295 g/mol. The van der Waals surface area contributed by atoms with Crippen LogP contribution in [0.1, 0.15) is 5.56 Å². The molecule has 0 aromatic heterocycles. The van der Waals surface area contributed by atoms with Crippen molar-refractivity contribution in [1.82, 2.24) is 0 Å². The molecule has 0 bridgehead atoms. The highest BCUT2D eigenvalue weighted by Gasteiger charge is 2.20. The van der Waals surface area contributed by atoms with Crippen LogP contribution in [-0.4, -0.2) is 6.73 Å². The maximum atomic E-state index is 6.31. The fraction of sp³-hybridized carbons (Fsp3) is 0.111. The van der Waals surface area contributed by atoms with Crippen molar-refractivity contribution in [2.45, 2.75) is 6.54 Å². The first-order valence-electron chi connectivity index (χ1n) is 6.96. The third kappa shape index (κ3) is 2.12. The largest absolute Gasteiger partial charge is 0.473 e. The molecular formula is C18H14ClNO. The fourth-order valence-corrected chi connectivity index (χ4v) is 3.12. The first-order chi connectivity index (χ1) is 10.3. The maximum Gasteiger partial charge on any atom is 0.161 e. The second-order valence-electron chi connectivity index (χ2n) is 5.19. The van der Waals surface area contributed by atoms with Crippen LogP contribution < -0.4 is 9.64 Å². The van der Waals surface area contributed by atoms with Gasteiger partial charge in [-0.25, -0.2) is 0 Å². The average Bonchev–Trinajstić information content (AvgIpc) is 2.55. The van der Waals surface area contributed by atoms with Gasteiger partial charge in [0.1, 0.15) is 5.75 Å². The standard InChI is InChI=1S/C18H14ClNO/c19-16-7-3-4-8-17(16)20-11-15-14-6-2-1-5-13(14)9-10-18(15)21-12-20/h1-10H,11-12H2. The molecule has 1 heterocycles. The molecule has 0 saturated carbocycles. The molecule has 2 nitrogen and oxygen atoms in total. The predicted molar refractivity (Wildman–Crippen MR) is 87.1 cm³/mol. The third-order valence-electron chi connectivity index (χ3n) is 3.92. The van der Waals surface area contributed by atoms with Gasteiger partial charge < -0.3 is 9.64 Å². The van der Waals surface area contributed by atoms with Gasteiger partial charge in [0.05, 0.1) is 17.3 Å². The van der Waals surface area contributed by atoms with Gasteiger partial charge in [0, 0.05) is 5.56 Å². The van der Waals surface area contributed by atoms with E-state index in [1.54, 1.807) is 0 Å². The van der Waals surface area contributed by atoms with E-state index in [2.05, 4.69) is 41.3 Å². The Morgan fingerprint density at radius 3 is 2.62 bits per heavy atom. The Kier molecular flexibility index (Phi) is 2.97. The Hall–Kier alpha value is -2.19. The molecule has 0 amide bonds. The number of anilines is 1. The molecule has 21 heavy (non-hydrogen) atoms. The summed E-state index contributed by atoms with van der Waals surface area (Å²) in [5, 5.41) is 3.23. The van der Waals surface area contributed by atoms with Crippen LogP contribution in [0.5, 0.6) is 5.75 Å². The van der Waals surface area contributed by atoms with Crippen molar-refractivity contribution in [3.63, 3.8) is 0 Å². The maximum absolute atomic E-state index is 6.31. The summed E-state index contributed by atoms with van der Waals surface area (Å²) in [5.74, 6) is 0.969. The zero-order valence-corrected chi connectivity index (χ0v) is 12.2. The third-order valence-corrected chi connectivity index (χ3v) is 4.24. The normalized spacial score (nSPS) is 13.9. The van der Waals surface area contributed by atoms with Gasteiger partial charge in [-0.1, -0.05) is 54.1 Å². The van der Waals surface area contributed by atoms with Crippen molar-refractivity contribution in [2.24, 2.45) is 0 Å². The van der Waals surface area contributed by atoms with Gasteiger partial charge in [-0.05, 0) is 29.0 Å². The summed E-state index contributed by atoms with van der Waals surface area (Å²) in [4.78, 5) is 2.16. The number of fused-ring (bicyclic) bond motifs is 3. The lowest BCUT2D eigenvalue weighted by molar-refractivity contribution is 0.290. The van der Waals surface area contributed by atoms with Crippen LogP contribution in [0.2, 0.25) is 5.02 Å². The first-order valence-corrected chi connectivity index (χ1v) is 7.33. The molecule has 0 radical (unpaired) electrons. The summed E-state index contributed by atoms with van der Waals surface area (Å²) < 4.78 is 5.92. The summed E-state index contributed by atoms with van der Waals surface area (Å²) in [5.41, 5.74) is 2.23. The fourth-order valence-electron chi connectivity index (χ4n) is 2.86. The molecule has 0 N–H and O–H groups in total. The van der Waals surface area contributed by atoms with Crippen LogP contribution in [0.25, 0.3) is 10.8 Å². The van der Waals surface area contributed by atoms with E-state index < -0.39 is 0 Å². The van der Waals surface area contributed by atoms with Gasteiger partial charge in [0.2, 0.25) is 0 Å². The number of hydrogen-bond donors (Lipinski definition) is 0. The highest BCUT2D eigenvalue weighted by molar-refractivity contribution is 6.33. The number of rotatable bonds is 1. The molecule has 1 aliphatic heterocycles. The zero-order chi connectivity index (χ0) is 14.2. The topological polar surface area (TPSA) is 12.5 Å². The molecule has 1 aliphatic rings. The van der Waals surface area contributed by atoms with E-state index in [0.717, 1.165) is 23.0 Å².